The number of carbonyl (C=O) groups is 1. The van der Waals surface area contributed by atoms with E-state index in [1.54, 1.807) is 13.4 Å². The molecule has 5 heteroatoms. The van der Waals surface area contributed by atoms with Crippen molar-refractivity contribution in [2.45, 2.75) is 39.0 Å². The lowest BCUT2D eigenvalue weighted by Gasteiger charge is -2.07. The van der Waals surface area contributed by atoms with E-state index in [1.165, 1.54) is 19.3 Å². The Morgan fingerprint density at radius 1 is 1.17 bits per heavy atom. The van der Waals surface area contributed by atoms with Gasteiger partial charge in [0.05, 0.1) is 13.4 Å². The van der Waals surface area contributed by atoms with Crippen LogP contribution in [-0.4, -0.2) is 26.2 Å². The first-order chi connectivity index (χ1) is 11.2. The zero-order chi connectivity index (χ0) is 16.5. The summed E-state index contributed by atoms with van der Waals surface area (Å²) in [5, 5.41) is 6.80. The van der Waals surface area contributed by atoms with E-state index in [-0.39, 0.29) is 6.03 Å². The number of furan rings is 1. The van der Waals surface area contributed by atoms with Crippen molar-refractivity contribution >= 4 is 17.0 Å². The fraction of sp³-hybridized carbons (Fsp3) is 0.500. The lowest BCUT2D eigenvalue weighted by atomic mass is 10.1. The van der Waals surface area contributed by atoms with Gasteiger partial charge >= 0.3 is 6.03 Å². The summed E-state index contributed by atoms with van der Waals surface area (Å²) in [4.78, 5) is 11.7. The van der Waals surface area contributed by atoms with Crippen molar-refractivity contribution in [2.75, 3.05) is 20.2 Å². The van der Waals surface area contributed by atoms with Crippen LogP contribution in [0.1, 0.15) is 38.2 Å². The molecule has 5 nitrogen and oxygen atoms in total. The van der Waals surface area contributed by atoms with Crippen molar-refractivity contribution in [2.24, 2.45) is 0 Å². The van der Waals surface area contributed by atoms with E-state index in [0.717, 1.165) is 41.7 Å². The van der Waals surface area contributed by atoms with Gasteiger partial charge in [-0.15, -0.1) is 0 Å². The summed E-state index contributed by atoms with van der Waals surface area (Å²) in [5.74, 6) is 0.804. The molecule has 1 aromatic heterocycles. The Labute approximate surface area is 137 Å². The number of hydrogen-bond acceptors (Lipinski definition) is 3. The summed E-state index contributed by atoms with van der Waals surface area (Å²) in [6, 6.07) is 5.63. The molecule has 0 atom stereocenters. The highest BCUT2D eigenvalue weighted by molar-refractivity contribution is 5.82. The zero-order valence-electron chi connectivity index (χ0n) is 14.0. The van der Waals surface area contributed by atoms with Crippen LogP contribution in [0.3, 0.4) is 0 Å². The van der Waals surface area contributed by atoms with E-state index < -0.39 is 0 Å². The molecule has 0 saturated heterocycles. The van der Waals surface area contributed by atoms with Crippen LogP contribution < -0.4 is 15.4 Å². The van der Waals surface area contributed by atoms with Crippen molar-refractivity contribution in [1.29, 1.82) is 0 Å². The number of amides is 2. The van der Waals surface area contributed by atoms with E-state index in [0.29, 0.717) is 6.54 Å². The van der Waals surface area contributed by atoms with Crippen molar-refractivity contribution < 1.29 is 13.9 Å². The average molecular weight is 318 g/mol. The molecule has 126 valence electrons. The first kappa shape index (κ1) is 17.2. The van der Waals surface area contributed by atoms with Crippen LogP contribution >= 0.6 is 0 Å². The Bertz CT molecular complexity index is 622. The van der Waals surface area contributed by atoms with Crippen molar-refractivity contribution in [3.63, 3.8) is 0 Å². The largest absolute Gasteiger partial charge is 0.497 e. The molecule has 2 amide bonds. The molecule has 0 fully saturated rings. The summed E-state index contributed by atoms with van der Waals surface area (Å²) in [5.41, 5.74) is 1.91. The maximum absolute atomic E-state index is 11.7. The number of hydrogen-bond donors (Lipinski definition) is 2. The number of benzene rings is 1. The van der Waals surface area contributed by atoms with Gasteiger partial charge in [0, 0.05) is 24.0 Å². The van der Waals surface area contributed by atoms with Gasteiger partial charge in [0.2, 0.25) is 0 Å². The fourth-order valence-electron chi connectivity index (χ4n) is 2.51. The van der Waals surface area contributed by atoms with Crippen LogP contribution in [0.25, 0.3) is 11.0 Å². The van der Waals surface area contributed by atoms with Crippen molar-refractivity contribution in [1.82, 2.24) is 10.6 Å². The molecule has 1 heterocycles. The van der Waals surface area contributed by atoms with Gasteiger partial charge in [-0.1, -0.05) is 26.2 Å². The second-order valence-electron chi connectivity index (χ2n) is 5.62. The Morgan fingerprint density at radius 2 is 2.00 bits per heavy atom. The third-order valence-corrected chi connectivity index (χ3v) is 3.86. The maximum Gasteiger partial charge on any atom is 0.314 e. The van der Waals surface area contributed by atoms with Gasteiger partial charge in [-0.3, -0.25) is 0 Å². The number of carbonyl (C=O) groups excluding carboxylic acids is 1. The molecule has 23 heavy (non-hydrogen) atoms. The number of rotatable bonds is 9. The van der Waals surface area contributed by atoms with Crippen LogP contribution in [-0.2, 0) is 6.42 Å². The Hall–Kier alpha value is -2.17. The molecular formula is C18H26N2O3. The minimum Gasteiger partial charge on any atom is -0.497 e. The molecule has 2 aromatic rings. The average Bonchev–Trinajstić information content (AvgIpc) is 2.97. The number of ether oxygens (including phenoxy) is 1. The highest BCUT2D eigenvalue weighted by Gasteiger charge is 2.07. The van der Waals surface area contributed by atoms with Crippen molar-refractivity contribution in [3.05, 3.63) is 30.0 Å². The van der Waals surface area contributed by atoms with Crippen LogP contribution in [0.5, 0.6) is 5.75 Å². The summed E-state index contributed by atoms with van der Waals surface area (Å²) in [7, 11) is 1.65. The normalized spacial score (nSPS) is 10.7. The van der Waals surface area contributed by atoms with Gasteiger partial charge in [0.25, 0.3) is 0 Å². The monoisotopic (exact) mass is 318 g/mol. The number of methoxy groups -OCH3 is 1. The lowest BCUT2D eigenvalue weighted by Crippen LogP contribution is -2.37. The van der Waals surface area contributed by atoms with Crippen molar-refractivity contribution in [3.8, 4) is 5.75 Å². The van der Waals surface area contributed by atoms with Crippen LogP contribution in [0.4, 0.5) is 4.79 Å². The van der Waals surface area contributed by atoms with E-state index in [2.05, 4.69) is 17.6 Å². The third-order valence-electron chi connectivity index (χ3n) is 3.86. The maximum atomic E-state index is 11.7. The minimum atomic E-state index is -0.105. The van der Waals surface area contributed by atoms with Crippen LogP contribution in [0.2, 0.25) is 0 Å². The molecule has 2 rings (SSSR count). The lowest BCUT2D eigenvalue weighted by molar-refractivity contribution is 0.241. The fourth-order valence-corrected chi connectivity index (χ4v) is 2.51. The Balaban J connectivity index is 1.74. The predicted octanol–water partition coefficient (Wildman–Crippen LogP) is 3.86. The zero-order valence-corrected chi connectivity index (χ0v) is 14.0. The number of fused-ring (bicyclic) bond motifs is 1. The SMILES string of the molecule is CCCCCCNC(=O)NCCc1coc2ccc(OC)cc12. The molecule has 2 N–H and O–H groups in total. The van der Waals surface area contributed by atoms with Gasteiger partial charge in [-0.25, -0.2) is 4.79 Å². The van der Waals surface area contributed by atoms with Gasteiger partial charge < -0.3 is 19.8 Å². The summed E-state index contributed by atoms with van der Waals surface area (Å²) >= 11 is 0. The standard InChI is InChI=1S/C18H26N2O3/c1-3-4-5-6-10-19-18(21)20-11-9-14-13-23-17-8-7-15(22-2)12-16(14)17/h7-8,12-13H,3-6,9-11H2,1-2H3,(H2,19,20,21). The molecule has 0 aliphatic rings. The number of urea groups is 1. The number of nitrogens with one attached hydrogen (secondary N) is 2. The number of unbranched alkanes of at least 4 members (excludes halogenated alkanes) is 3. The molecule has 0 bridgehead atoms. The topological polar surface area (TPSA) is 63.5 Å². The van der Waals surface area contributed by atoms with Gasteiger partial charge in [0.15, 0.2) is 0 Å². The van der Waals surface area contributed by atoms with Gasteiger partial charge in [0.1, 0.15) is 11.3 Å². The summed E-state index contributed by atoms with van der Waals surface area (Å²) in [6.07, 6.45) is 7.10. The summed E-state index contributed by atoms with van der Waals surface area (Å²) < 4.78 is 10.8. The molecule has 0 saturated carbocycles. The Kier molecular flexibility index (Phi) is 6.78. The predicted molar refractivity (Wildman–Crippen MR) is 92.0 cm³/mol. The van der Waals surface area contributed by atoms with Crippen LogP contribution in [0.15, 0.2) is 28.9 Å². The molecule has 1 aromatic carbocycles. The first-order valence-electron chi connectivity index (χ1n) is 8.30. The van der Waals surface area contributed by atoms with E-state index in [1.807, 2.05) is 18.2 Å². The van der Waals surface area contributed by atoms with Crippen LogP contribution in [0, 0.1) is 0 Å². The van der Waals surface area contributed by atoms with E-state index >= 15 is 0 Å². The smallest absolute Gasteiger partial charge is 0.314 e. The molecule has 0 aliphatic heterocycles. The second-order valence-corrected chi connectivity index (χ2v) is 5.62. The first-order valence-corrected chi connectivity index (χ1v) is 8.30. The quantitative estimate of drug-likeness (QED) is 0.690. The molecule has 0 aliphatic carbocycles. The highest BCUT2D eigenvalue weighted by atomic mass is 16.5. The van der Waals surface area contributed by atoms with Gasteiger partial charge in [-0.05, 0) is 31.0 Å². The molecular weight excluding hydrogens is 292 g/mol. The minimum absolute atomic E-state index is 0.105. The molecule has 0 spiro atoms. The highest BCUT2D eigenvalue weighted by Crippen LogP contribution is 2.25. The summed E-state index contributed by atoms with van der Waals surface area (Å²) in [6.45, 7) is 3.49. The molecule has 0 radical (unpaired) electrons. The van der Waals surface area contributed by atoms with Gasteiger partial charge in [-0.2, -0.15) is 0 Å². The Morgan fingerprint density at radius 3 is 2.78 bits per heavy atom. The molecule has 0 unspecified atom stereocenters. The van der Waals surface area contributed by atoms with E-state index in [9.17, 15) is 4.79 Å². The second kappa shape index (κ2) is 9.08. The third kappa shape index (κ3) is 5.20. The van der Waals surface area contributed by atoms with E-state index in [4.69, 9.17) is 9.15 Å².